The van der Waals surface area contributed by atoms with Gasteiger partial charge in [-0.25, -0.2) is 0 Å². The molecule has 0 amide bonds. The highest BCUT2D eigenvalue weighted by Crippen LogP contribution is 2.27. The van der Waals surface area contributed by atoms with E-state index in [0.717, 1.165) is 16.5 Å². The van der Waals surface area contributed by atoms with Crippen LogP contribution in [0.2, 0.25) is 0 Å². The molecule has 3 nitrogen and oxygen atoms in total. The molecule has 0 spiro atoms. The Balaban J connectivity index is 3.01. The highest BCUT2D eigenvalue weighted by atomic mass is 79.9. The van der Waals surface area contributed by atoms with Crippen LogP contribution < -0.4 is 10.1 Å². The zero-order valence-electron chi connectivity index (χ0n) is 6.60. The van der Waals surface area contributed by atoms with Crippen molar-refractivity contribution in [2.45, 2.75) is 0 Å². The Bertz CT molecular complexity index is 288. The van der Waals surface area contributed by atoms with E-state index in [2.05, 4.69) is 21.2 Å². The Hall–Kier alpha value is -1.03. The molecule has 0 radical (unpaired) electrons. The third kappa shape index (κ3) is 1.98. The molecule has 0 fully saturated rings. The molecule has 0 saturated heterocycles. The van der Waals surface area contributed by atoms with Gasteiger partial charge in [-0.05, 0) is 18.2 Å². The molecule has 0 aromatic heterocycles. The second kappa shape index (κ2) is 4.11. The zero-order chi connectivity index (χ0) is 8.97. The lowest BCUT2D eigenvalue weighted by Gasteiger charge is -2.07. The molecule has 4 heteroatoms. The van der Waals surface area contributed by atoms with Crippen LogP contribution in [0.25, 0.3) is 0 Å². The summed E-state index contributed by atoms with van der Waals surface area (Å²) >= 11 is 3.32. The number of rotatable bonds is 3. The van der Waals surface area contributed by atoms with E-state index in [9.17, 15) is 0 Å². The van der Waals surface area contributed by atoms with Crippen molar-refractivity contribution in [3.05, 3.63) is 22.7 Å². The SMILES string of the molecule is COc1cc(Br)ccc1NC=N. The maximum absolute atomic E-state index is 6.86. The van der Waals surface area contributed by atoms with E-state index in [1.54, 1.807) is 7.11 Å². The maximum atomic E-state index is 6.86. The Morgan fingerprint density at radius 3 is 2.92 bits per heavy atom. The average Bonchev–Trinajstić information content (AvgIpc) is 2.08. The minimum atomic E-state index is 0.716. The first-order valence-electron chi connectivity index (χ1n) is 3.37. The first-order valence-corrected chi connectivity index (χ1v) is 4.16. The van der Waals surface area contributed by atoms with Gasteiger partial charge in [0.25, 0.3) is 0 Å². The molecule has 0 heterocycles. The standard InChI is InChI=1S/C8H9BrN2O/c1-12-8-4-6(9)2-3-7(8)11-5-10/h2-5H,1H3,(H2,10,11). The number of halogens is 1. The third-order valence-electron chi connectivity index (χ3n) is 1.39. The first-order chi connectivity index (χ1) is 5.77. The number of methoxy groups -OCH3 is 1. The molecule has 0 unspecified atom stereocenters. The van der Waals surface area contributed by atoms with Crippen LogP contribution >= 0.6 is 15.9 Å². The molecule has 64 valence electrons. The monoisotopic (exact) mass is 228 g/mol. The van der Waals surface area contributed by atoms with E-state index in [4.69, 9.17) is 10.1 Å². The van der Waals surface area contributed by atoms with Crippen LogP contribution in [0.5, 0.6) is 5.75 Å². The van der Waals surface area contributed by atoms with Crippen molar-refractivity contribution < 1.29 is 4.74 Å². The van der Waals surface area contributed by atoms with Crippen molar-refractivity contribution in [3.63, 3.8) is 0 Å². The Kier molecular flexibility index (Phi) is 3.10. The van der Waals surface area contributed by atoms with E-state index < -0.39 is 0 Å². The Labute approximate surface area is 79.4 Å². The number of benzene rings is 1. The fourth-order valence-electron chi connectivity index (χ4n) is 0.862. The molecule has 0 saturated carbocycles. The second-order valence-electron chi connectivity index (χ2n) is 2.13. The lowest BCUT2D eigenvalue weighted by molar-refractivity contribution is 0.416. The lowest BCUT2D eigenvalue weighted by Crippen LogP contribution is -1.96. The molecule has 0 bridgehead atoms. The predicted molar refractivity (Wildman–Crippen MR) is 53.1 cm³/mol. The van der Waals surface area contributed by atoms with Crippen LogP contribution in [0, 0.1) is 5.41 Å². The van der Waals surface area contributed by atoms with E-state index in [1.807, 2.05) is 18.2 Å². The van der Waals surface area contributed by atoms with Crippen molar-refractivity contribution in [3.8, 4) is 5.75 Å². The molecule has 1 rings (SSSR count). The minimum absolute atomic E-state index is 0.716. The minimum Gasteiger partial charge on any atom is -0.495 e. The Morgan fingerprint density at radius 2 is 2.33 bits per heavy atom. The number of nitrogens with one attached hydrogen (secondary N) is 2. The van der Waals surface area contributed by atoms with Crippen molar-refractivity contribution in [1.82, 2.24) is 0 Å². The largest absolute Gasteiger partial charge is 0.495 e. The molecule has 12 heavy (non-hydrogen) atoms. The molecule has 0 atom stereocenters. The quantitative estimate of drug-likeness (QED) is 0.617. The summed E-state index contributed by atoms with van der Waals surface area (Å²) in [5.74, 6) is 0.716. The molecule has 1 aromatic rings. The van der Waals surface area contributed by atoms with Gasteiger partial charge in [-0.2, -0.15) is 0 Å². The smallest absolute Gasteiger partial charge is 0.143 e. The van der Waals surface area contributed by atoms with Gasteiger partial charge in [0.15, 0.2) is 0 Å². The van der Waals surface area contributed by atoms with E-state index in [1.165, 1.54) is 0 Å². The normalized spacial score (nSPS) is 9.17. The maximum Gasteiger partial charge on any atom is 0.143 e. The van der Waals surface area contributed by atoms with Gasteiger partial charge in [-0.3, -0.25) is 5.41 Å². The Morgan fingerprint density at radius 1 is 1.58 bits per heavy atom. The topological polar surface area (TPSA) is 45.1 Å². The summed E-state index contributed by atoms with van der Waals surface area (Å²) in [7, 11) is 1.59. The highest BCUT2D eigenvalue weighted by Gasteiger charge is 2.00. The lowest BCUT2D eigenvalue weighted by atomic mass is 10.3. The number of hydrogen-bond donors (Lipinski definition) is 2. The van der Waals surface area contributed by atoms with Gasteiger partial charge in [0.1, 0.15) is 5.75 Å². The molecule has 0 aliphatic rings. The van der Waals surface area contributed by atoms with Gasteiger partial charge in [0.2, 0.25) is 0 Å². The van der Waals surface area contributed by atoms with Gasteiger partial charge < -0.3 is 10.1 Å². The van der Waals surface area contributed by atoms with Gasteiger partial charge >= 0.3 is 0 Å². The summed E-state index contributed by atoms with van der Waals surface area (Å²) in [4.78, 5) is 0. The average molecular weight is 229 g/mol. The number of anilines is 1. The summed E-state index contributed by atoms with van der Waals surface area (Å²) in [6.45, 7) is 0. The van der Waals surface area contributed by atoms with Crippen LogP contribution in [0.15, 0.2) is 22.7 Å². The second-order valence-corrected chi connectivity index (χ2v) is 3.05. The van der Waals surface area contributed by atoms with Crippen molar-refractivity contribution in [1.29, 1.82) is 5.41 Å². The van der Waals surface area contributed by atoms with E-state index >= 15 is 0 Å². The summed E-state index contributed by atoms with van der Waals surface area (Å²) < 4.78 is 6.04. The summed E-state index contributed by atoms with van der Waals surface area (Å²) in [5.41, 5.74) is 0.788. The molecule has 0 aliphatic carbocycles. The number of ether oxygens (including phenoxy) is 1. The van der Waals surface area contributed by atoms with E-state index in [-0.39, 0.29) is 0 Å². The summed E-state index contributed by atoms with van der Waals surface area (Å²) in [6, 6.07) is 5.56. The van der Waals surface area contributed by atoms with Crippen LogP contribution in [0.1, 0.15) is 0 Å². The molecular weight excluding hydrogens is 220 g/mol. The number of hydrogen-bond acceptors (Lipinski definition) is 2. The molecule has 0 aliphatic heterocycles. The zero-order valence-corrected chi connectivity index (χ0v) is 8.18. The van der Waals surface area contributed by atoms with Gasteiger partial charge in [-0.1, -0.05) is 15.9 Å². The van der Waals surface area contributed by atoms with Crippen molar-refractivity contribution in [2.75, 3.05) is 12.4 Å². The van der Waals surface area contributed by atoms with Crippen LogP contribution in [0.3, 0.4) is 0 Å². The third-order valence-corrected chi connectivity index (χ3v) is 1.88. The summed E-state index contributed by atoms with van der Waals surface area (Å²) in [5, 5.41) is 9.61. The van der Waals surface area contributed by atoms with Crippen LogP contribution in [-0.2, 0) is 0 Å². The molecule has 1 aromatic carbocycles. The molecule has 2 N–H and O–H groups in total. The fourth-order valence-corrected chi connectivity index (χ4v) is 1.20. The fraction of sp³-hybridized carbons (Fsp3) is 0.125. The van der Waals surface area contributed by atoms with Crippen molar-refractivity contribution >= 4 is 28.0 Å². The van der Waals surface area contributed by atoms with Gasteiger partial charge in [-0.15, -0.1) is 0 Å². The van der Waals surface area contributed by atoms with Crippen molar-refractivity contribution in [2.24, 2.45) is 0 Å². The van der Waals surface area contributed by atoms with Gasteiger partial charge in [0, 0.05) is 4.47 Å². The predicted octanol–water partition coefficient (Wildman–Crippen LogP) is 2.48. The first kappa shape index (κ1) is 9.06. The highest BCUT2D eigenvalue weighted by molar-refractivity contribution is 9.10. The van der Waals surface area contributed by atoms with E-state index in [0.29, 0.717) is 5.75 Å². The van der Waals surface area contributed by atoms with Crippen LogP contribution in [0.4, 0.5) is 5.69 Å². The molecular formula is C8H9BrN2O. The summed E-state index contributed by atoms with van der Waals surface area (Å²) in [6.07, 6.45) is 1.12. The van der Waals surface area contributed by atoms with Gasteiger partial charge in [0.05, 0.1) is 19.1 Å². The van der Waals surface area contributed by atoms with Crippen LogP contribution in [-0.4, -0.2) is 13.4 Å².